The molecule has 0 radical (unpaired) electrons. The highest BCUT2D eigenvalue weighted by atomic mass is 16.5. The van der Waals surface area contributed by atoms with Crippen LogP contribution in [0.5, 0.6) is 0 Å². The second-order valence-electron chi connectivity index (χ2n) is 5.90. The van der Waals surface area contributed by atoms with Crippen LogP contribution in [-0.2, 0) is 22.4 Å². The minimum atomic E-state index is -0.0149. The van der Waals surface area contributed by atoms with Crippen molar-refractivity contribution in [3.8, 4) is 0 Å². The van der Waals surface area contributed by atoms with Gasteiger partial charge in [-0.15, -0.1) is 0 Å². The SMILES string of the molecule is CC1COC(CN)CN1C(=O)C1Cc2ccccc2C1. The van der Waals surface area contributed by atoms with E-state index in [0.717, 1.165) is 12.8 Å². The van der Waals surface area contributed by atoms with Gasteiger partial charge in [-0.25, -0.2) is 0 Å². The first-order chi connectivity index (χ1) is 9.69. The fraction of sp³-hybridized carbons (Fsp3) is 0.562. The lowest BCUT2D eigenvalue weighted by molar-refractivity contribution is -0.147. The molecule has 1 aliphatic heterocycles. The number of ether oxygens (including phenoxy) is 1. The number of nitrogens with two attached hydrogens (primary N) is 1. The third-order valence-electron chi connectivity index (χ3n) is 4.45. The zero-order valence-corrected chi connectivity index (χ0v) is 11.9. The maximum atomic E-state index is 12.8. The first-order valence-electron chi connectivity index (χ1n) is 7.38. The Morgan fingerprint density at radius 1 is 1.35 bits per heavy atom. The minimum absolute atomic E-state index is 0.0149. The first-order valence-corrected chi connectivity index (χ1v) is 7.38. The fourth-order valence-corrected chi connectivity index (χ4v) is 3.24. The number of rotatable bonds is 2. The topological polar surface area (TPSA) is 55.6 Å². The molecule has 1 amide bonds. The largest absolute Gasteiger partial charge is 0.373 e. The molecule has 2 N–H and O–H groups in total. The Balaban J connectivity index is 1.70. The predicted molar refractivity (Wildman–Crippen MR) is 77.3 cm³/mol. The molecular weight excluding hydrogens is 252 g/mol. The average molecular weight is 274 g/mol. The maximum Gasteiger partial charge on any atom is 0.226 e. The molecule has 3 rings (SSSR count). The van der Waals surface area contributed by atoms with Crippen LogP contribution in [0.4, 0.5) is 0 Å². The van der Waals surface area contributed by atoms with Gasteiger partial charge in [0.25, 0.3) is 0 Å². The first kappa shape index (κ1) is 13.6. The number of morpholine rings is 1. The van der Waals surface area contributed by atoms with E-state index in [2.05, 4.69) is 12.1 Å². The van der Waals surface area contributed by atoms with Crippen molar-refractivity contribution < 1.29 is 9.53 Å². The average Bonchev–Trinajstić information content (AvgIpc) is 2.91. The van der Waals surface area contributed by atoms with Crippen molar-refractivity contribution in [3.63, 3.8) is 0 Å². The van der Waals surface area contributed by atoms with E-state index >= 15 is 0 Å². The third-order valence-corrected chi connectivity index (χ3v) is 4.45. The van der Waals surface area contributed by atoms with Crippen molar-refractivity contribution in [2.24, 2.45) is 11.7 Å². The normalized spacial score (nSPS) is 26.6. The molecule has 0 aromatic heterocycles. The Bertz CT molecular complexity index is 478. The molecule has 1 aromatic rings. The van der Waals surface area contributed by atoms with Crippen molar-refractivity contribution in [1.82, 2.24) is 4.90 Å². The van der Waals surface area contributed by atoms with E-state index in [1.807, 2.05) is 24.0 Å². The Kier molecular flexibility index (Phi) is 3.76. The molecule has 4 nitrogen and oxygen atoms in total. The number of hydrogen-bond donors (Lipinski definition) is 1. The molecule has 20 heavy (non-hydrogen) atoms. The Labute approximate surface area is 119 Å². The number of fused-ring (bicyclic) bond motifs is 1. The molecule has 1 heterocycles. The van der Waals surface area contributed by atoms with E-state index in [4.69, 9.17) is 10.5 Å². The quantitative estimate of drug-likeness (QED) is 0.874. The Morgan fingerprint density at radius 2 is 2.00 bits per heavy atom. The van der Waals surface area contributed by atoms with Crippen LogP contribution >= 0.6 is 0 Å². The molecule has 2 atom stereocenters. The molecule has 0 spiro atoms. The van der Waals surface area contributed by atoms with Gasteiger partial charge >= 0.3 is 0 Å². The van der Waals surface area contributed by atoms with Crippen molar-refractivity contribution in [2.45, 2.75) is 31.9 Å². The number of hydrogen-bond acceptors (Lipinski definition) is 3. The third kappa shape index (κ3) is 2.45. The van der Waals surface area contributed by atoms with Gasteiger partial charge in [0.15, 0.2) is 0 Å². The molecule has 4 heteroatoms. The number of carbonyl (C=O) groups excluding carboxylic acids is 1. The summed E-state index contributed by atoms with van der Waals surface area (Å²) in [5.41, 5.74) is 8.31. The van der Waals surface area contributed by atoms with Crippen LogP contribution in [0.2, 0.25) is 0 Å². The van der Waals surface area contributed by atoms with Gasteiger partial charge < -0.3 is 15.4 Å². The van der Waals surface area contributed by atoms with E-state index in [9.17, 15) is 4.79 Å². The fourth-order valence-electron chi connectivity index (χ4n) is 3.24. The lowest BCUT2D eigenvalue weighted by Gasteiger charge is -2.39. The Hall–Kier alpha value is -1.39. The molecule has 1 saturated heterocycles. The van der Waals surface area contributed by atoms with Gasteiger partial charge in [0, 0.05) is 19.0 Å². The molecule has 108 valence electrons. The monoisotopic (exact) mass is 274 g/mol. The van der Waals surface area contributed by atoms with E-state index in [1.165, 1.54) is 11.1 Å². The van der Waals surface area contributed by atoms with E-state index < -0.39 is 0 Å². The molecule has 2 unspecified atom stereocenters. The highest BCUT2D eigenvalue weighted by Crippen LogP contribution is 2.29. The number of nitrogens with zero attached hydrogens (tertiary/aromatic N) is 1. The zero-order valence-electron chi connectivity index (χ0n) is 11.9. The molecule has 0 bridgehead atoms. The number of benzene rings is 1. The van der Waals surface area contributed by atoms with E-state index in [-0.39, 0.29) is 24.0 Å². The van der Waals surface area contributed by atoms with Gasteiger partial charge in [0.2, 0.25) is 5.91 Å². The van der Waals surface area contributed by atoms with Gasteiger partial charge in [-0.2, -0.15) is 0 Å². The molecule has 1 aromatic carbocycles. The lowest BCUT2D eigenvalue weighted by Crippen LogP contribution is -2.54. The predicted octanol–water partition coefficient (Wildman–Crippen LogP) is 0.976. The second-order valence-corrected chi connectivity index (χ2v) is 5.90. The van der Waals surface area contributed by atoms with Gasteiger partial charge in [-0.1, -0.05) is 24.3 Å². The summed E-state index contributed by atoms with van der Waals surface area (Å²) >= 11 is 0. The van der Waals surface area contributed by atoms with E-state index in [1.54, 1.807) is 0 Å². The van der Waals surface area contributed by atoms with Crippen LogP contribution < -0.4 is 5.73 Å². The second kappa shape index (κ2) is 5.54. The van der Waals surface area contributed by atoms with Crippen molar-refractivity contribution >= 4 is 5.91 Å². The summed E-state index contributed by atoms with van der Waals surface area (Å²) in [6, 6.07) is 8.51. The van der Waals surface area contributed by atoms with Crippen LogP contribution in [0.1, 0.15) is 18.1 Å². The van der Waals surface area contributed by atoms with Crippen molar-refractivity contribution in [2.75, 3.05) is 19.7 Å². The van der Waals surface area contributed by atoms with Gasteiger partial charge in [0.1, 0.15) is 0 Å². The number of carbonyl (C=O) groups is 1. The molecule has 2 aliphatic rings. The summed E-state index contributed by atoms with van der Waals surface area (Å²) in [6.45, 7) is 3.74. The highest BCUT2D eigenvalue weighted by Gasteiger charge is 2.35. The van der Waals surface area contributed by atoms with Gasteiger partial charge in [0.05, 0.1) is 18.8 Å². The smallest absolute Gasteiger partial charge is 0.226 e. The minimum Gasteiger partial charge on any atom is -0.373 e. The van der Waals surface area contributed by atoms with Crippen LogP contribution in [0.3, 0.4) is 0 Å². The van der Waals surface area contributed by atoms with Crippen LogP contribution in [0.25, 0.3) is 0 Å². The van der Waals surface area contributed by atoms with Crippen LogP contribution in [0, 0.1) is 5.92 Å². The summed E-state index contributed by atoms with van der Waals surface area (Å²) in [5, 5.41) is 0. The Morgan fingerprint density at radius 3 is 2.60 bits per heavy atom. The summed E-state index contributed by atoms with van der Waals surface area (Å²) in [7, 11) is 0. The van der Waals surface area contributed by atoms with Crippen LogP contribution in [0.15, 0.2) is 24.3 Å². The molecule has 1 aliphatic carbocycles. The van der Waals surface area contributed by atoms with Gasteiger partial charge in [-0.05, 0) is 30.9 Å². The highest BCUT2D eigenvalue weighted by molar-refractivity contribution is 5.81. The van der Waals surface area contributed by atoms with Crippen molar-refractivity contribution in [3.05, 3.63) is 35.4 Å². The van der Waals surface area contributed by atoms with Crippen LogP contribution in [-0.4, -0.2) is 42.6 Å². The standard InChI is InChI=1S/C16H22N2O2/c1-11-10-20-15(8-17)9-18(11)16(19)14-6-12-4-2-3-5-13(12)7-14/h2-5,11,14-15H,6-10,17H2,1H3. The summed E-state index contributed by atoms with van der Waals surface area (Å²) < 4.78 is 5.63. The zero-order chi connectivity index (χ0) is 14.1. The van der Waals surface area contributed by atoms with Gasteiger partial charge in [-0.3, -0.25) is 4.79 Å². The summed E-state index contributed by atoms with van der Waals surface area (Å²) in [6.07, 6.45) is 1.72. The lowest BCUT2D eigenvalue weighted by atomic mass is 10.0. The van der Waals surface area contributed by atoms with E-state index in [0.29, 0.717) is 19.7 Å². The maximum absolute atomic E-state index is 12.8. The summed E-state index contributed by atoms with van der Waals surface area (Å²) in [4.78, 5) is 14.7. The summed E-state index contributed by atoms with van der Waals surface area (Å²) in [5.74, 6) is 0.349. The molecule has 0 saturated carbocycles. The molecular formula is C16H22N2O2. The van der Waals surface area contributed by atoms with Crippen molar-refractivity contribution in [1.29, 1.82) is 0 Å². The molecule has 1 fully saturated rings. The number of amides is 1.